The first-order chi connectivity index (χ1) is 10.1. The van der Waals surface area contributed by atoms with E-state index in [2.05, 4.69) is 50.9 Å². The highest BCUT2D eigenvalue weighted by molar-refractivity contribution is 5.84. The van der Waals surface area contributed by atoms with Crippen LogP contribution in [-0.4, -0.2) is 51.8 Å². The van der Waals surface area contributed by atoms with E-state index in [0.717, 1.165) is 37.4 Å². The number of imidazole rings is 1. The number of ether oxygens (including phenoxy) is 1. The van der Waals surface area contributed by atoms with Gasteiger partial charge in [-0.3, -0.25) is 0 Å². The molecule has 1 fully saturated rings. The van der Waals surface area contributed by atoms with Gasteiger partial charge >= 0.3 is 0 Å². The van der Waals surface area contributed by atoms with Crippen LogP contribution in [-0.2, 0) is 4.74 Å². The van der Waals surface area contributed by atoms with E-state index < -0.39 is 0 Å². The van der Waals surface area contributed by atoms with E-state index in [1.54, 1.807) is 6.33 Å². The van der Waals surface area contributed by atoms with Crippen molar-refractivity contribution in [3.8, 4) is 0 Å². The van der Waals surface area contributed by atoms with Crippen molar-refractivity contribution in [2.45, 2.75) is 32.8 Å². The maximum absolute atomic E-state index is 5.78. The summed E-state index contributed by atoms with van der Waals surface area (Å²) in [5.74, 6) is 1.53. The van der Waals surface area contributed by atoms with Crippen molar-refractivity contribution in [2.75, 3.05) is 36.5 Å². The molecule has 2 aromatic heterocycles. The molecular weight excluding hydrogens is 268 g/mol. The molecule has 2 aromatic rings. The van der Waals surface area contributed by atoms with Crippen LogP contribution < -0.4 is 10.2 Å². The minimum absolute atomic E-state index is 0.174. The number of rotatable bonds is 4. The molecule has 1 aliphatic rings. The van der Waals surface area contributed by atoms with Gasteiger partial charge in [-0.2, -0.15) is 9.97 Å². The Balaban J connectivity index is 1.97. The van der Waals surface area contributed by atoms with Crippen molar-refractivity contribution in [1.82, 2.24) is 19.9 Å². The summed E-state index contributed by atoms with van der Waals surface area (Å²) < 4.78 is 5.78. The molecule has 0 bridgehead atoms. The lowest BCUT2D eigenvalue weighted by Crippen LogP contribution is -2.48. The van der Waals surface area contributed by atoms with Crippen LogP contribution in [0.25, 0.3) is 11.2 Å². The highest BCUT2D eigenvalue weighted by Crippen LogP contribution is 2.27. The molecule has 0 spiro atoms. The molecule has 0 atom stereocenters. The molecule has 0 radical (unpaired) electrons. The highest BCUT2D eigenvalue weighted by atomic mass is 16.5. The monoisotopic (exact) mass is 290 g/mol. The molecule has 1 aliphatic heterocycles. The van der Waals surface area contributed by atoms with Crippen molar-refractivity contribution in [2.24, 2.45) is 0 Å². The third-order valence-corrected chi connectivity index (χ3v) is 3.52. The molecule has 0 unspecified atom stereocenters. The average Bonchev–Trinajstić information content (AvgIpc) is 2.91. The Hall–Kier alpha value is -1.89. The Kier molecular flexibility index (Phi) is 3.67. The number of H-pyrrole nitrogens is 1. The summed E-state index contributed by atoms with van der Waals surface area (Å²) in [6, 6.07) is 0. The first-order valence-electron chi connectivity index (χ1n) is 7.43. The van der Waals surface area contributed by atoms with E-state index in [9.17, 15) is 0 Å². The molecule has 0 aromatic carbocycles. The summed E-state index contributed by atoms with van der Waals surface area (Å²) in [6.07, 6.45) is 2.69. The van der Waals surface area contributed by atoms with E-state index >= 15 is 0 Å². The van der Waals surface area contributed by atoms with E-state index in [-0.39, 0.29) is 5.60 Å². The molecule has 3 rings (SSSR count). The zero-order valence-corrected chi connectivity index (χ0v) is 12.8. The molecule has 114 valence electrons. The molecule has 7 heteroatoms. The lowest BCUT2D eigenvalue weighted by Gasteiger charge is -2.38. The van der Waals surface area contributed by atoms with Crippen LogP contribution in [0.15, 0.2) is 6.33 Å². The number of nitrogens with zero attached hydrogens (tertiary/aromatic N) is 4. The fourth-order valence-corrected chi connectivity index (χ4v) is 2.56. The Labute approximate surface area is 124 Å². The molecule has 0 aliphatic carbocycles. The predicted octanol–water partition coefficient (Wildman–Crippen LogP) is 1.79. The molecule has 2 N–H and O–H groups in total. The molecule has 0 amide bonds. The summed E-state index contributed by atoms with van der Waals surface area (Å²) >= 11 is 0. The van der Waals surface area contributed by atoms with Gasteiger partial charge in [0.15, 0.2) is 11.5 Å². The van der Waals surface area contributed by atoms with Crippen molar-refractivity contribution < 1.29 is 4.74 Å². The lowest BCUT2D eigenvalue weighted by atomic mass is 10.1. The second kappa shape index (κ2) is 5.48. The summed E-state index contributed by atoms with van der Waals surface area (Å²) in [5, 5.41) is 3.24. The number of morpholine rings is 1. The van der Waals surface area contributed by atoms with Crippen LogP contribution in [0.3, 0.4) is 0 Å². The second-order valence-electron chi connectivity index (χ2n) is 5.93. The summed E-state index contributed by atoms with van der Waals surface area (Å²) in [5.41, 5.74) is 1.41. The smallest absolute Gasteiger partial charge is 0.226 e. The topological polar surface area (TPSA) is 79.0 Å². The van der Waals surface area contributed by atoms with Crippen LogP contribution in [0, 0.1) is 0 Å². The number of aromatic amines is 1. The van der Waals surface area contributed by atoms with Gasteiger partial charge in [0.1, 0.15) is 5.52 Å². The van der Waals surface area contributed by atoms with E-state index in [4.69, 9.17) is 4.74 Å². The van der Waals surface area contributed by atoms with Gasteiger partial charge in [0.05, 0.1) is 18.5 Å². The average molecular weight is 290 g/mol. The Morgan fingerprint density at radius 3 is 3.05 bits per heavy atom. The van der Waals surface area contributed by atoms with Gasteiger partial charge in [-0.25, -0.2) is 4.98 Å². The number of hydrogen-bond acceptors (Lipinski definition) is 6. The predicted molar refractivity (Wildman–Crippen MR) is 82.7 cm³/mol. The van der Waals surface area contributed by atoms with Gasteiger partial charge in [-0.05, 0) is 20.3 Å². The van der Waals surface area contributed by atoms with Gasteiger partial charge in [0.2, 0.25) is 5.95 Å². The molecular formula is C14H22N6O. The maximum Gasteiger partial charge on any atom is 0.226 e. The standard InChI is InChI=1S/C14H22N6O/c1-4-5-15-13-18-11-10(16-9-17-11)12(19-13)20-6-7-21-14(2,3)8-20/h9H,4-8H2,1-3H3,(H2,15,16,17,18,19). The first-order valence-corrected chi connectivity index (χ1v) is 7.43. The largest absolute Gasteiger partial charge is 0.372 e. The van der Waals surface area contributed by atoms with Gasteiger partial charge < -0.3 is 19.9 Å². The van der Waals surface area contributed by atoms with E-state index in [1.165, 1.54) is 0 Å². The number of hydrogen-bond donors (Lipinski definition) is 2. The fourth-order valence-electron chi connectivity index (χ4n) is 2.56. The van der Waals surface area contributed by atoms with E-state index in [0.29, 0.717) is 18.2 Å². The molecule has 0 saturated carbocycles. The highest BCUT2D eigenvalue weighted by Gasteiger charge is 2.29. The summed E-state index contributed by atoms with van der Waals surface area (Å²) in [4.78, 5) is 18.8. The minimum atomic E-state index is -0.174. The van der Waals surface area contributed by atoms with Gasteiger partial charge in [-0.1, -0.05) is 6.92 Å². The van der Waals surface area contributed by atoms with Crippen LogP contribution in [0.4, 0.5) is 11.8 Å². The Bertz CT molecular complexity index is 623. The molecule has 7 nitrogen and oxygen atoms in total. The SMILES string of the molecule is CCCNc1nc(N2CCOC(C)(C)C2)c2[nH]cnc2n1. The second-order valence-corrected chi connectivity index (χ2v) is 5.93. The number of anilines is 2. The summed E-state index contributed by atoms with van der Waals surface area (Å²) in [6.45, 7) is 9.48. The van der Waals surface area contributed by atoms with Crippen molar-refractivity contribution >= 4 is 22.9 Å². The fraction of sp³-hybridized carbons (Fsp3) is 0.643. The first kappa shape index (κ1) is 14.1. The molecule has 3 heterocycles. The Morgan fingerprint density at radius 2 is 2.29 bits per heavy atom. The van der Waals surface area contributed by atoms with Crippen molar-refractivity contribution in [1.29, 1.82) is 0 Å². The van der Waals surface area contributed by atoms with Crippen LogP contribution in [0.5, 0.6) is 0 Å². The minimum Gasteiger partial charge on any atom is -0.372 e. The third kappa shape index (κ3) is 2.92. The zero-order valence-electron chi connectivity index (χ0n) is 12.8. The van der Waals surface area contributed by atoms with Crippen molar-refractivity contribution in [3.63, 3.8) is 0 Å². The van der Waals surface area contributed by atoms with Gasteiger partial charge in [0.25, 0.3) is 0 Å². The molecule has 21 heavy (non-hydrogen) atoms. The van der Waals surface area contributed by atoms with Gasteiger partial charge in [-0.15, -0.1) is 0 Å². The normalized spacial score (nSPS) is 18.1. The van der Waals surface area contributed by atoms with Crippen LogP contribution in [0.2, 0.25) is 0 Å². The Morgan fingerprint density at radius 1 is 1.43 bits per heavy atom. The number of aromatic nitrogens is 4. The number of fused-ring (bicyclic) bond motifs is 1. The van der Waals surface area contributed by atoms with Gasteiger partial charge in [0, 0.05) is 19.6 Å². The maximum atomic E-state index is 5.78. The van der Waals surface area contributed by atoms with E-state index in [1.807, 2.05) is 0 Å². The summed E-state index contributed by atoms with van der Waals surface area (Å²) in [7, 11) is 0. The lowest BCUT2D eigenvalue weighted by molar-refractivity contribution is -0.0278. The molecule has 1 saturated heterocycles. The number of nitrogens with one attached hydrogen (secondary N) is 2. The third-order valence-electron chi connectivity index (χ3n) is 3.52. The van der Waals surface area contributed by atoms with Crippen LogP contribution >= 0.6 is 0 Å². The van der Waals surface area contributed by atoms with Crippen molar-refractivity contribution in [3.05, 3.63) is 6.33 Å². The van der Waals surface area contributed by atoms with Crippen LogP contribution in [0.1, 0.15) is 27.2 Å². The quantitative estimate of drug-likeness (QED) is 0.893. The zero-order chi connectivity index (χ0) is 14.9.